The molecular weight excluding hydrogens is 276 g/mol. The lowest BCUT2D eigenvalue weighted by molar-refractivity contribution is -0.385. The van der Waals surface area contributed by atoms with Gasteiger partial charge in [0.1, 0.15) is 6.54 Å². The van der Waals surface area contributed by atoms with Crippen LogP contribution in [0.15, 0.2) is 18.2 Å². The highest BCUT2D eigenvalue weighted by Crippen LogP contribution is 2.22. The summed E-state index contributed by atoms with van der Waals surface area (Å²) in [6.45, 7) is 2.68. The Morgan fingerprint density at radius 1 is 1.52 bits per heavy atom. The van der Waals surface area contributed by atoms with E-state index in [-0.39, 0.29) is 24.2 Å². The highest BCUT2D eigenvalue weighted by Gasteiger charge is 2.20. The molecule has 2 rings (SSSR count). The van der Waals surface area contributed by atoms with Gasteiger partial charge in [0.05, 0.1) is 4.92 Å². The summed E-state index contributed by atoms with van der Waals surface area (Å²) in [7, 11) is 0. The normalized spacial score (nSPS) is 14.5. The summed E-state index contributed by atoms with van der Waals surface area (Å²) < 4.78 is 0. The van der Waals surface area contributed by atoms with Gasteiger partial charge in [0.2, 0.25) is 5.91 Å². The molecule has 8 nitrogen and oxygen atoms in total. The van der Waals surface area contributed by atoms with Crippen molar-refractivity contribution in [1.29, 1.82) is 0 Å². The van der Waals surface area contributed by atoms with Crippen LogP contribution in [-0.2, 0) is 4.79 Å². The third-order valence-electron chi connectivity index (χ3n) is 3.19. The Hall–Kier alpha value is -2.64. The Bertz CT molecular complexity index is 588. The molecule has 1 saturated heterocycles. The number of nitrogens with one attached hydrogen (secondary N) is 2. The first kappa shape index (κ1) is 14.8. The van der Waals surface area contributed by atoms with Crippen molar-refractivity contribution in [1.82, 2.24) is 10.2 Å². The molecule has 0 bridgehead atoms. The second-order valence-electron chi connectivity index (χ2n) is 4.81. The fourth-order valence-corrected chi connectivity index (χ4v) is 2.09. The van der Waals surface area contributed by atoms with Crippen molar-refractivity contribution in [2.75, 3.05) is 25.0 Å². The molecule has 1 fully saturated rings. The highest BCUT2D eigenvalue weighted by molar-refractivity contribution is 5.94. The molecule has 2 N–H and O–H groups in total. The SMILES string of the molecule is Cc1ccc(NC(=O)CN2CCCNC2=O)cc1[N+](=O)[O-]. The Morgan fingerprint density at radius 2 is 2.29 bits per heavy atom. The van der Waals surface area contributed by atoms with Crippen LogP contribution in [0.5, 0.6) is 0 Å². The molecule has 3 amide bonds. The zero-order valence-corrected chi connectivity index (χ0v) is 11.6. The Morgan fingerprint density at radius 3 is 2.95 bits per heavy atom. The van der Waals surface area contributed by atoms with Crippen molar-refractivity contribution < 1.29 is 14.5 Å². The van der Waals surface area contributed by atoms with E-state index < -0.39 is 4.92 Å². The Labute approximate surface area is 121 Å². The molecule has 0 radical (unpaired) electrons. The topological polar surface area (TPSA) is 105 Å². The fourth-order valence-electron chi connectivity index (χ4n) is 2.09. The van der Waals surface area contributed by atoms with E-state index >= 15 is 0 Å². The lowest BCUT2D eigenvalue weighted by Gasteiger charge is -2.26. The molecule has 8 heteroatoms. The van der Waals surface area contributed by atoms with Gasteiger partial charge in [-0.05, 0) is 19.4 Å². The number of anilines is 1. The van der Waals surface area contributed by atoms with Gasteiger partial charge in [0.25, 0.3) is 5.69 Å². The number of amides is 3. The van der Waals surface area contributed by atoms with Crippen molar-refractivity contribution >= 4 is 23.3 Å². The van der Waals surface area contributed by atoms with Crippen LogP contribution in [0.3, 0.4) is 0 Å². The van der Waals surface area contributed by atoms with Crippen LogP contribution in [0.1, 0.15) is 12.0 Å². The van der Waals surface area contributed by atoms with Crippen LogP contribution in [0.4, 0.5) is 16.2 Å². The number of benzene rings is 1. The van der Waals surface area contributed by atoms with E-state index in [0.717, 1.165) is 6.42 Å². The third kappa shape index (κ3) is 3.68. The molecule has 1 aliphatic rings. The molecule has 112 valence electrons. The van der Waals surface area contributed by atoms with Gasteiger partial charge in [-0.3, -0.25) is 14.9 Å². The van der Waals surface area contributed by atoms with E-state index in [0.29, 0.717) is 24.3 Å². The first-order chi connectivity index (χ1) is 9.97. The van der Waals surface area contributed by atoms with Gasteiger partial charge in [-0.15, -0.1) is 0 Å². The maximum atomic E-state index is 11.9. The quantitative estimate of drug-likeness (QED) is 0.643. The van der Waals surface area contributed by atoms with Crippen LogP contribution in [0, 0.1) is 17.0 Å². The zero-order valence-electron chi connectivity index (χ0n) is 11.6. The van der Waals surface area contributed by atoms with Crippen molar-refractivity contribution in [3.8, 4) is 0 Å². The second-order valence-corrected chi connectivity index (χ2v) is 4.81. The zero-order chi connectivity index (χ0) is 15.4. The summed E-state index contributed by atoms with van der Waals surface area (Å²) in [5.74, 6) is -0.384. The summed E-state index contributed by atoms with van der Waals surface area (Å²) in [6, 6.07) is 4.20. The number of nitro groups is 1. The minimum atomic E-state index is -0.497. The van der Waals surface area contributed by atoms with E-state index in [4.69, 9.17) is 0 Å². The standard InChI is InChI=1S/C13H16N4O4/c1-9-3-4-10(7-11(9)17(20)21)15-12(18)8-16-6-2-5-14-13(16)19/h3-4,7H,2,5-6,8H2,1H3,(H,14,19)(H,15,18). The van der Waals surface area contributed by atoms with Crippen molar-refractivity contribution in [3.05, 3.63) is 33.9 Å². The first-order valence-corrected chi connectivity index (χ1v) is 6.55. The molecule has 0 unspecified atom stereocenters. The number of hydrogen-bond acceptors (Lipinski definition) is 4. The molecule has 0 saturated carbocycles. The fraction of sp³-hybridized carbons (Fsp3) is 0.385. The van der Waals surface area contributed by atoms with Gasteiger partial charge in [0, 0.05) is 30.4 Å². The lowest BCUT2D eigenvalue weighted by Crippen LogP contribution is -2.49. The average molecular weight is 292 g/mol. The molecule has 1 heterocycles. The van der Waals surface area contributed by atoms with Crippen molar-refractivity contribution in [2.24, 2.45) is 0 Å². The molecular formula is C13H16N4O4. The molecule has 0 spiro atoms. The van der Waals surface area contributed by atoms with E-state index in [1.807, 2.05) is 0 Å². The Kier molecular flexibility index (Phi) is 4.36. The molecule has 1 aromatic rings. The van der Waals surface area contributed by atoms with Gasteiger partial charge >= 0.3 is 6.03 Å². The number of hydrogen-bond donors (Lipinski definition) is 2. The van der Waals surface area contributed by atoms with Crippen LogP contribution >= 0.6 is 0 Å². The number of carbonyl (C=O) groups is 2. The molecule has 0 atom stereocenters. The summed E-state index contributed by atoms with van der Waals surface area (Å²) in [6.07, 6.45) is 0.787. The molecule has 0 aromatic heterocycles. The predicted molar refractivity (Wildman–Crippen MR) is 76.1 cm³/mol. The minimum absolute atomic E-state index is 0.0523. The van der Waals surface area contributed by atoms with Crippen LogP contribution in [0.2, 0.25) is 0 Å². The summed E-state index contributed by atoms with van der Waals surface area (Å²) in [5, 5.41) is 16.1. The molecule has 1 aromatic carbocycles. The van der Waals surface area contributed by atoms with Gasteiger partial charge in [-0.2, -0.15) is 0 Å². The largest absolute Gasteiger partial charge is 0.338 e. The lowest BCUT2D eigenvalue weighted by atomic mass is 10.2. The van der Waals surface area contributed by atoms with Crippen LogP contribution < -0.4 is 10.6 Å². The number of rotatable bonds is 4. The summed E-state index contributed by atoms with van der Waals surface area (Å²) >= 11 is 0. The number of nitrogens with zero attached hydrogens (tertiary/aromatic N) is 2. The van der Waals surface area contributed by atoms with Crippen LogP contribution in [-0.4, -0.2) is 41.4 Å². The first-order valence-electron chi connectivity index (χ1n) is 6.55. The van der Waals surface area contributed by atoms with E-state index in [1.165, 1.54) is 11.0 Å². The molecule has 21 heavy (non-hydrogen) atoms. The Balaban J connectivity index is 2.01. The van der Waals surface area contributed by atoms with Gasteiger partial charge in [0.15, 0.2) is 0 Å². The maximum Gasteiger partial charge on any atom is 0.317 e. The molecule has 1 aliphatic heterocycles. The molecule has 0 aliphatic carbocycles. The van der Waals surface area contributed by atoms with Crippen molar-refractivity contribution in [3.63, 3.8) is 0 Å². The highest BCUT2D eigenvalue weighted by atomic mass is 16.6. The van der Waals surface area contributed by atoms with E-state index in [2.05, 4.69) is 10.6 Å². The average Bonchev–Trinajstić information content (AvgIpc) is 2.43. The maximum absolute atomic E-state index is 11.9. The number of nitro benzene ring substituents is 1. The number of carbonyl (C=O) groups excluding carboxylic acids is 2. The smallest absolute Gasteiger partial charge is 0.317 e. The van der Waals surface area contributed by atoms with Gasteiger partial charge < -0.3 is 15.5 Å². The van der Waals surface area contributed by atoms with Crippen LogP contribution in [0.25, 0.3) is 0 Å². The summed E-state index contributed by atoms with van der Waals surface area (Å²) in [5.41, 5.74) is 0.812. The summed E-state index contributed by atoms with van der Waals surface area (Å²) in [4.78, 5) is 35.2. The van der Waals surface area contributed by atoms with E-state index in [1.54, 1.807) is 19.1 Å². The predicted octanol–water partition coefficient (Wildman–Crippen LogP) is 1.26. The second kappa shape index (κ2) is 6.21. The van der Waals surface area contributed by atoms with Crippen molar-refractivity contribution in [2.45, 2.75) is 13.3 Å². The van der Waals surface area contributed by atoms with Gasteiger partial charge in [-0.25, -0.2) is 4.79 Å². The van der Waals surface area contributed by atoms with E-state index in [9.17, 15) is 19.7 Å². The van der Waals surface area contributed by atoms with Gasteiger partial charge in [-0.1, -0.05) is 6.07 Å². The third-order valence-corrected chi connectivity index (χ3v) is 3.19. The minimum Gasteiger partial charge on any atom is -0.338 e. The monoisotopic (exact) mass is 292 g/mol. The number of aryl methyl sites for hydroxylation is 1. The number of urea groups is 1.